The van der Waals surface area contributed by atoms with Crippen LogP contribution in [0.1, 0.15) is 24.2 Å². The molecular formula is C15H21N3O3S. The van der Waals surface area contributed by atoms with E-state index < -0.39 is 12.2 Å². The van der Waals surface area contributed by atoms with Crippen molar-refractivity contribution in [2.24, 2.45) is 13.0 Å². The highest BCUT2D eigenvalue weighted by Crippen LogP contribution is 2.27. The van der Waals surface area contributed by atoms with Gasteiger partial charge in [-0.15, -0.1) is 10.2 Å². The van der Waals surface area contributed by atoms with E-state index in [2.05, 4.69) is 10.2 Å². The summed E-state index contributed by atoms with van der Waals surface area (Å²) in [5, 5.41) is 38.1. The molecule has 0 aliphatic rings. The monoisotopic (exact) mass is 323 g/mol. The average Bonchev–Trinajstić information content (AvgIpc) is 2.96. The summed E-state index contributed by atoms with van der Waals surface area (Å²) in [4.78, 5) is 0. The summed E-state index contributed by atoms with van der Waals surface area (Å²) in [6.45, 7) is 1.79. The molecule has 0 saturated heterocycles. The van der Waals surface area contributed by atoms with Crippen molar-refractivity contribution >= 4 is 11.8 Å². The summed E-state index contributed by atoms with van der Waals surface area (Å²) in [7, 11) is 1.84. The maximum atomic E-state index is 10.4. The molecular weight excluding hydrogens is 302 g/mol. The number of hydrogen-bond donors (Lipinski definition) is 3. The molecule has 3 N–H and O–H groups in total. The van der Waals surface area contributed by atoms with Crippen LogP contribution in [0.3, 0.4) is 0 Å². The van der Waals surface area contributed by atoms with Crippen molar-refractivity contribution in [3.63, 3.8) is 0 Å². The van der Waals surface area contributed by atoms with Gasteiger partial charge in [0.1, 0.15) is 6.33 Å². The molecule has 0 saturated carbocycles. The average molecular weight is 323 g/mol. The maximum Gasteiger partial charge on any atom is 0.190 e. The van der Waals surface area contributed by atoms with Crippen molar-refractivity contribution in [2.45, 2.75) is 30.9 Å². The van der Waals surface area contributed by atoms with Crippen molar-refractivity contribution in [3.8, 4) is 0 Å². The number of aliphatic hydroxyl groups is 3. The Kier molecular flexibility index (Phi) is 5.96. The van der Waals surface area contributed by atoms with Crippen molar-refractivity contribution in [2.75, 3.05) is 5.75 Å². The normalized spacial score (nSPS) is 15.5. The van der Waals surface area contributed by atoms with Gasteiger partial charge in [-0.3, -0.25) is 0 Å². The molecule has 0 amide bonds. The quantitative estimate of drug-likeness (QED) is 0.662. The molecule has 0 fully saturated rings. The molecule has 6 nitrogen and oxygen atoms in total. The van der Waals surface area contributed by atoms with E-state index in [1.54, 1.807) is 35.2 Å². The lowest BCUT2D eigenvalue weighted by molar-refractivity contribution is 0.0330. The summed E-state index contributed by atoms with van der Waals surface area (Å²) in [5.74, 6) is 0.111. The number of hydrogen-bond acceptors (Lipinski definition) is 6. The first-order valence-electron chi connectivity index (χ1n) is 7.05. The Morgan fingerprint density at radius 3 is 2.45 bits per heavy atom. The van der Waals surface area contributed by atoms with Crippen molar-refractivity contribution in [1.82, 2.24) is 14.8 Å². The zero-order chi connectivity index (χ0) is 16.1. The molecule has 0 radical (unpaired) electrons. The van der Waals surface area contributed by atoms with Gasteiger partial charge in [0.2, 0.25) is 0 Å². The topological polar surface area (TPSA) is 91.4 Å². The zero-order valence-corrected chi connectivity index (χ0v) is 13.4. The number of thioether (sulfide) groups is 1. The molecule has 0 aliphatic carbocycles. The van der Waals surface area contributed by atoms with E-state index in [1.807, 2.05) is 14.0 Å². The van der Waals surface area contributed by atoms with Crippen LogP contribution < -0.4 is 0 Å². The predicted octanol–water partition coefficient (Wildman–Crippen LogP) is 1.13. The van der Waals surface area contributed by atoms with Gasteiger partial charge in [-0.25, -0.2) is 0 Å². The first kappa shape index (κ1) is 17.0. The molecule has 0 bridgehead atoms. The van der Waals surface area contributed by atoms with E-state index in [0.717, 1.165) is 16.3 Å². The highest BCUT2D eigenvalue weighted by Gasteiger charge is 2.24. The molecule has 0 unspecified atom stereocenters. The fourth-order valence-electron chi connectivity index (χ4n) is 2.05. The Morgan fingerprint density at radius 1 is 1.23 bits per heavy atom. The molecule has 2 rings (SSSR count). The maximum absolute atomic E-state index is 10.4. The second kappa shape index (κ2) is 7.73. The third-order valence-electron chi connectivity index (χ3n) is 3.66. The molecule has 2 aromatic rings. The third-order valence-corrected chi connectivity index (χ3v) is 4.80. The van der Waals surface area contributed by atoms with Crippen molar-refractivity contribution in [1.29, 1.82) is 0 Å². The summed E-state index contributed by atoms with van der Waals surface area (Å²) >= 11 is 1.40. The lowest BCUT2D eigenvalue weighted by Crippen LogP contribution is -2.26. The molecule has 1 heterocycles. The molecule has 120 valence electrons. The minimum atomic E-state index is -0.761. The minimum Gasteiger partial charge on any atom is -0.392 e. The number of rotatable bonds is 7. The lowest BCUT2D eigenvalue weighted by atomic mass is 9.93. The molecule has 1 aromatic heterocycles. The Morgan fingerprint density at radius 2 is 1.91 bits per heavy atom. The summed E-state index contributed by atoms with van der Waals surface area (Å²) < 4.78 is 1.78. The second-order valence-electron chi connectivity index (χ2n) is 5.31. The van der Waals surface area contributed by atoms with Crippen LogP contribution in [0.5, 0.6) is 0 Å². The van der Waals surface area contributed by atoms with Crippen LogP contribution in [0.2, 0.25) is 0 Å². The van der Waals surface area contributed by atoms with Crippen molar-refractivity contribution < 1.29 is 15.3 Å². The molecule has 22 heavy (non-hydrogen) atoms. The first-order chi connectivity index (χ1) is 10.5. The number of aromatic nitrogens is 3. The van der Waals surface area contributed by atoms with Crippen LogP contribution >= 0.6 is 11.8 Å². The van der Waals surface area contributed by atoms with Gasteiger partial charge in [-0.05, 0) is 11.1 Å². The Labute approximate surface area is 133 Å². The fraction of sp³-hybridized carbons (Fsp3) is 0.467. The van der Waals surface area contributed by atoms with E-state index in [0.29, 0.717) is 5.75 Å². The van der Waals surface area contributed by atoms with Gasteiger partial charge in [0.25, 0.3) is 0 Å². The number of benzene rings is 1. The minimum absolute atomic E-state index is 0.0249. The first-order valence-corrected chi connectivity index (χ1v) is 8.04. The summed E-state index contributed by atoms with van der Waals surface area (Å²) in [6.07, 6.45) is 0.174. The number of nitrogens with zero attached hydrogens (tertiary/aromatic N) is 3. The van der Waals surface area contributed by atoms with Crippen LogP contribution in [0.15, 0.2) is 35.7 Å². The molecule has 7 heteroatoms. The highest BCUT2D eigenvalue weighted by atomic mass is 32.2. The van der Waals surface area contributed by atoms with E-state index in [4.69, 9.17) is 5.11 Å². The van der Waals surface area contributed by atoms with Crippen LogP contribution in [0.4, 0.5) is 0 Å². The van der Waals surface area contributed by atoms with Crippen LogP contribution in [0.25, 0.3) is 0 Å². The van der Waals surface area contributed by atoms with Crippen LogP contribution in [0, 0.1) is 5.92 Å². The molecule has 0 aliphatic heterocycles. The highest BCUT2D eigenvalue weighted by molar-refractivity contribution is 7.99. The second-order valence-corrected chi connectivity index (χ2v) is 6.29. The van der Waals surface area contributed by atoms with E-state index in [1.165, 1.54) is 11.8 Å². The Bertz CT molecular complexity index is 588. The van der Waals surface area contributed by atoms with Gasteiger partial charge < -0.3 is 19.9 Å². The Balaban J connectivity index is 1.93. The zero-order valence-electron chi connectivity index (χ0n) is 12.6. The smallest absolute Gasteiger partial charge is 0.190 e. The van der Waals surface area contributed by atoms with Gasteiger partial charge in [-0.2, -0.15) is 0 Å². The van der Waals surface area contributed by atoms with E-state index >= 15 is 0 Å². The summed E-state index contributed by atoms with van der Waals surface area (Å²) in [5.41, 5.74) is 1.52. The Hall–Kier alpha value is -1.41. The largest absolute Gasteiger partial charge is 0.392 e. The van der Waals surface area contributed by atoms with Crippen LogP contribution in [-0.2, 0) is 13.7 Å². The lowest BCUT2D eigenvalue weighted by Gasteiger charge is -2.24. The van der Waals surface area contributed by atoms with Gasteiger partial charge in [0.15, 0.2) is 5.16 Å². The fourth-order valence-corrected chi connectivity index (χ4v) is 3.03. The SMILES string of the molecule is C[C@@H]([C@H](O)CSc1nncn1C)[C@@H](O)c1ccc(CO)cc1. The standard InChI is InChI=1S/C15H21N3O3S/c1-10(13(20)8-22-15-17-16-9-18(15)2)14(21)12-5-3-11(7-19)4-6-12/h3-6,9-10,13-14,19-21H,7-8H2,1-2H3/t10-,13+,14+/m0/s1. The van der Waals surface area contributed by atoms with E-state index in [-0.39, 0.29) is 12.5 Å². The molecule has 1 aromatic carbocycles. The third kappa shape index (κ3) is 4.07. The van der Waals surface area contributed by atoms with Crippen LogP contribution in [-0.4, -0.2) is 41.9 Å². The predicted molar refractivity (Wildman–Crippen MR) is 84.2 cm³/mol. The van der Waals surface area contributed by atoms with Gasteiger partial charge in [-0.1, -0.05) is 43.0 Å². The van der Waals surface area contributed by atoms with E-state index in [9.17, 15) is 10.2 Å². The molecule has 0 spiro atoms. The number of aryl methyl sites for hydroxylation is 1. The summed E-state index contributed by atoms with van der Waals surface area (Å²) in [6, 6.07) is 7.09. The number of aliphatic hydroxyl groups excluding tert-OH is 3. The van der Waals surface area contributed by atoms with Crippen molar-refractivity contribution in [3.05, 3.63) is 41.7 Å². The van der Waals surface area contributed by atoms with Gasteiger partial charge in [0, 0.05) is 18.7 Å². The molecule has 3 atom stereocenters. The van der Waals surface area contributed by atoms with Gasteiger partial charge >= 0.3 is 0 Å². The van der Waals surface area contributed by atoms with Gasteiger partial charge in [0.05, 0.1) is 18.8 Å².